The number of alkyl carbamates (subject to hydrolysis) is 2. The van der Waals surface area contributed by atoms with Gasteiger partial charge in [0, 0.05) is 23.5 Å². The molecule has 5 atom stereocenters. The van der Waals surface area contributed by atoms with E-state index in [1.807, 2.05) is 42.8 Å². The third-order valence-electron chi connectivity index (χ3n) is 12.1. The molecule has 0 unspecified atom stereocenters. The van der Waals surface area contributed by atoms with Gasteiger partial charge in [0.1, 0.15) is 36.1 Å². The summed E-state index contributed by atoms with van der Waals surface area (Å²) in [5.74, 6) is 1.96. The quantitative estimate of drug-likeness (QED) is 0.105. The first kappa shape index (κ1) is 39.7. The van der Waals surface area contributed by atoms with Crippen LogP contribution in [0.15, 0.2) is 48.7 Å². The van der Waals surface area contributed by atoms with Gasteiger partial charge in [-0.1, -0.05) is 44.9 Å². The summed E-state index contributed by atoms with van der Waals surface area (Å²) in [6, 6.07) is 12.8. The molecule has 2 saturated heterocycles. The first-order valence-corrected chi connectivity index (χ1v) is 20.7. The number of nitrogens with one attached hydrogen (secondary N) is 4. The zero-order chi connectivity index (χ0) is 41.4. The van der Waals surface area contributed by atoms with Gasteiger partial charge >= 0.3 is 12.2 Å². The number of benzene rings is 3. The van der Waals surface area contributed by atoms with Crippen LogP contribution in [0.3, 0.4) is 0 Å². The van der Waals surface area contributed by atoms with Crippen LogP contribution in [0.5, 0.6) is 5.75 Å². The second kappa shape index (κ2) is 16.6. The van der Waals surface area contributed by atoms with Gasteiger partial charge in [0.25, 0.3) is 0 Å². The third-order valence-corrected chi connectivity index (χ3v) is 12.1. The van der Waals surface area contributed by atoms with E-state index in [-0.39, 0.29) is 29.9 Å². The molecule has 59 heavy (non-hydrogen) atoms. The van der Waals surface area contributed by atoms with Crippen LogP contribution in [0.4, 0.5) is 9.59 Å². The molecule has 4 amide bonds. The number of imidazole rings is 2. The minimum absolute atomic E-state index is 0.0116. The van der Waals surface area contributed by atoms with Crippen LogP contribution in [0.25, 0.3) is 44.2 Å². The molecule has 15 nitrogen and oxygen atoms in total. The average Bonchev–Trinajstić information content (AvgIpc) is 4.08. The van der Waals surface area contributed by atoms with Crippen molar-refractivity contribution >= 4 is 45.8 Å². The number of carbonyl (C=O) groups excluding carboxylic acids is 4. The normalized spacial score (nSPS) is 19.5. The Bertz CT molecular complexity index is 2410. The van der Waals surface area contributed by atoms with Crippen molar-refractivity contribution in [3.05, 3.63) is 65.9 Å². The molecule has 0 saturated carbocycles. The minimum Gasteiger partial charge on any atom is -0.488 e. The van der Waals surface area contributed by atoms with E-state index in [9.17, 15) is 19.2 Å². The molecule has 2 aromatic heterocycles. The van der Waals surface area contributed by atoms with E-state index in [4.69, 9.17) is 24.2 Å². The van der Waals surface area contributed by atoms with Crippen LogP contribution in [-0.2, 0) is 25.7 Å². The smallest absolute Gasteiger partial charge is 0.407 e. The lowest BCUT2D eigenvalue weighted by atomic mass is 9.92. The molecule has 310 valence electrons. The number of ether oxygens (including phenoxy) is 3. The van der Waals surface area contributed by atoms with Gasteiger partial charge in [-0.3, -0.25) is 9.59 Å². The number of rotatable bonds is 11. The van der Waals surface area contributed by atoms with Crippen molar-refractivity contribution in [1.82, 2.24) is 40.4 Å². The van der Waals surface area contributed by atoms with Crippen molar-refractivity contribution in [3.63, 3.8) is 0 Å². The van der Waals surface area contributed by atoms with Crippen molar-refractivity contribution in [2.24, 2.45) is 0 Å². The molecule has 2 fully saturated rings. The highest BCUT2D eigenvalue weighted by Crippen LogP contribution is 2.44. The number of carbonyl (C=O) groups is 4. The Morgan fingerprint density at radius 3 is 2.34 bits per heavy atom. The van der Waals surface area contributed by atoms with E-state index < -0.39 is 24.3 Å². The van der Waals surface area contributed by atoms with Crippen LogP contribution in [-0.4, -0.2) is 92.6 Å². The maximum Gasteiger partial charge on any atom is 0.407 e. The zero-order valence-electron chi connectivity index (χ0n) is 34.2. The number of likely N-dealkylation sites (tertiary alicyclic amines) is 2. The highest BCUT2D eigenvalue weighted by atomic mass is 16.5. The highest BCUT2D eigenvalue weighted by molar-refractivity contribution is 6.07. The number of nitrogens with zero attached hydrogens (tertiary/aromatic N) is 4. The first-order valence-electron chi connectivity index (χ1n) is 20.7. The van der Waals surface area contributed by atoms with E-state index in [0.29, 0.717) is 26.0 Å². The molecule has 5 aromatic rings. The second-order valence-corrected chi connectivity index (χ2v) is 15.8. The zero-order valence-corrected chi connectivity index (χ0v) is 34.2. The first-order chi connectivity index (χ1) is 28.6. The lowest BCUT2D eigenvalue weighted by molar-refractivity contribution is -0.136. The third kappa shape index (κ3) is 7.54. The standard InChI is InChI=1S/C44H52N8O7/c1-6-9-32(48-43(55)57-4)41(53)51-18-8-11-35(51)39-45-22-34(47-39)26-13-15-28-27(19-26)23-59-37-21-29-25(20-30(28)37)14-16-31-38(29)50-40(46-31)36-17-12-24(3)52(36)42(54)33(10-7-2)49-44(56)58-5/h13-16,19-22,24,32-33,35-36H,6-12,17-18,23H2,1-5H3,(H,45,47)(H,46,50)(H,48,55)(H,49,56)/t24-,32-,33-,35-,36-/m0/s1. The number of aromatic nitrogens is 4. The van der Waals surface area contributed by atoms with Crippen LogP contribution in [0.2, 0.25) is 0 Å². The molecular weight excluding hydrogens is 753 g/mol. The minimum atomic E-state index is -0.678. The fraction of sp³-hybridized carbons (Fsp3) is 0.455. The summed E-state index contributed by atoms with van der Waals surface area (Å²) >= 11 is 0. The Labute approximate surface area is 342 Å². The van der Waals surface area contributed by atoms with Crippen LogP contribution in [0.1, 0.15) is 101 Å². The summed E-state index contributed by atoms with van der Waals surface area (Å²) < 4.78 is 16.0. The van der Waals surface area contributed by atoms with E-state index in [1.54, 1.807) is 0 Å². The molecule has 0 radical (unpaired) electrons. The van der Waals surface area contributed by atoms with Crippen molar-refractivity contribution in [2.45, 2.75) is 109 Å². The molecular formula is C44H52N8O7. The molecule has 5 heterocycles. The van der Waals surface area contributed by atoms with E-state index in [2.05, 4.69) is 57.0 Å². The SMILES string of the molecule is CCC[C@H](NC(=O)OC)C(=O)N1CCC[C@H]1c1ncc(-c2ccc3c(c2)COc2cc4c(ccc5[nH]c([C@@H]6CC[C@H](C)N6C(=O)[C@H](CCC)NC(=O)OC)nc54)cc2-3)[nH]1. The summed E-state index contributed by atoms with van der Waals surface area (Å²) in [6.45, 7) is 6.99. The Kier molecular flexibility index (Phi) is 11.2. The van der Waals surface area contributed by atoms with Crippen molar-refractivity contribution in [1.29, 1.82) is 0 Å². The molecule has 4 N–H and O–H groups in total. The maximum absolute atomic E-state index is 13.9. The van der Waals surface area contributed by atoms with Crippen molar-refractivity contribution in [3.8, 4) is 28.1 Å². The van der Waals surface area contributed by atoms with Gasteiger partial charge in [0.2, 0.25) is 11.8 Å². The fourth-order valence-corrected chi connectivity index (χ4v) is 9.10. The molecule has 8 rings (SSSR count). The number of amides is 4. The summed E-state index contributed by atoms with van der Waals surface area (Å²) in [5.41, 5.74) is 6.62. The van der Waals surface area contributed by atoms with Gasteiger partial charge in [-0.25, -0.2) is 19.6 Å². The molecule has 0 bridgehead atoms. The van der Waals surface area contributed by atoms with Gasteiger partial charge in [-0.15, -0.1) is 0 Å². The number of fused-ring (bicyclic) bond motifs is 6. The van der Waals surface area contributed by atoms with Gasteiger partial charge in [-0.05, 0) is 91.8 Å². The largest absolute Gasteiger partial charge is 0.488 e. The molecule has 15 heteroatoms. The summed E-state index contributed by atoms with van der Waals surface area (Å²) in [7, 11) is 2.60. The predicted octanol–water partition coefficient (Wildman–Crippen LogP) is 7.43. The number of aromatic amines is 2. The number of hydrogen-bond donors (Lipinski definition) is 4. The monoisotopic (exact) mass is 804 g/mol. The Balaban J connectivity index is 1.03. The van der Waals surface area contributed by atoms with Gasteiger partial charge in [-0.2, -0.15) is 0 Å². The number of H-pyrrole nitrogens is 2. The van der Waals surface area contributed by atoms with Gasteiger partial charge < -0.3 is 44.6 Å². The topological polar surface area (TPSA) is 184 Å². The number of hydrogen-bond acceptors (Lipinski definition) is 9. The fourth-order valence-electron chi connectivity index (χ4n) is 9.10. The van der Waals surface area contributed by atoms with Crippen molar-refractivity contribution in [2.75, 3.05) is 20.8 Å². The van der Waals surface area contributed by atoms with Crippen LogP contribution < -0.4 is 15.4 Å². The Morgan fingerprint density at radius 1 is 0.864 bits per heavy atom. The summed E-state index contributed by atoms with van der Waals surface area (Å²) in [4.78, 5) is 72.1. The molecule has 3 aliphatic rings. The molecule has 3 aromatic carbocycles. The van der Waals surface area contributed by atoms with Crippen LogP contribution in [0, 0.1) is 0 Å². The van der Waals surface area contributed by atoms with Crippen LogP contribution >= 0.6 is 0 Å². The van der Waals surface area contributed by atoms with E-state index in [0.717, 1.165) is 106 Å². The lowest BCUT2D eigenvalue weighted by Gasteiger charge is -2.31. The Hall–Kier alpha value is -6.12. The van der Waals surface area contributed by atoms with E-state index in [1.165, 1.54) is 14.2 Å². The average molecular weight is 805 g/mol. The Morgan fingerprint density at radius 2 is 1.61 bits per heavy atom. The maximum atomic E-state index is 13.9. The highest BCUT2D eigenvalue weighted by Gasteiger charge is 2.40. The van der Waals surface area contributed by atoms with Crippen molar-refractivity contribution < 1.29 is 33.4 Å². The van der Waals surface area contributed by atoms with E-state index >= 15 is 0 Å². The second-order valence-electron chi connectivity index (χ2n) is 15.8. The molecule has 0 aliphatic carbocycles. The lowest BCUT2D eigenvalue weighted by Crippen LogP contribution is -2.50. The summed E-state index contributed by atoms with van der Waals surface area (Å²) in [5, 5.41) is 7.42. The molecule has 0 spiro atoms. The summed E-state index contributed by atoms with van der Waals surface area (Å²) in [6.07, 6.45) is 6.29. The van der Waals surface area contributed by atoms with Gasteiger partial charge in [0.15, 0.2) is 0 Å². The molecule has 3 aliphatic heterocycles. The van der Waals surface area contributed by atoms with Gasteiger partial charge in [0.05, 0.1) is 49.2 Å². The predicted molar refractivity (Wildman–Crippen MR) is 221 cm³/mol. The number of methoxy groups -OCH3 is 2.